The van der Waals surface area contributed by atoms with Crippen molar-refractivity contribution in [1.29, 1.82) is 0 Å². The Hall–Kier alpha value is -1.02. The molecule has 1 heterocycles. The number of aromatic nitrogens is 1. The van der Waals surface area contributed by atoms with Crippen LogP contribution in [0.25, 0.3) is 12.2 Å². The predicted molar refractivity (Wildman–Crippen MR) is 62.6 cm³/mol. The Labute approximate surface area is 85.7 Å². The van der Waals surface area contributed by atoms with E-state index in [0.717, 1.165) is 19.4 Å². The van der Waals surface area contributed by atoms with Gasteiger partial charge in [-0.1, -0.05) is 19.1 Å². The Morgan fingerprint density at radius 3 is 2.86 bits per heavy atom. The highest BCUT2D eigenvalue weighted by Gasteiger charge is 1.97. The molecule has 0 saturated carbocycles. The van der Waals surface area contributed by atoms with Gasteiger partial charge < -0.3 is 10.3 Å². The maximum Gasteiger partial charge on any atom is 0.0412 e. The topological polar surface area (TPSA) is 27.8 Å². The maximum absolute atomic E-state index is 3.32. The van der Waals surface area contributed by atoms with Crippen molar-refractivity contribution in [3.05, 3.63) is 22.3 Å². The summed E-state index contributed by atoms with van der Waals surface area (Å²) >= 11 is 0. The van der Waals surface area contributed by atoms with Gasteiger partial charge in [-0.05, 0) is 44.1 Å². The van der Waals surface area contributed by atoms with Gasteiger partial charge in [0, 0.05) is 11.5 Å². The maximum atomic E-state index is 3.32. The van der Waals surface area contributed by atoms with E-state index in [2.05, 4.69) is 42.5 Å². The minimum atomic E-state index is 1.03. The summed E-state index contributed by atoms with van der Waals surface area (Å²) in [6.07, 6.45) is 8.70. The number of likely N-dealkylation sites (N-methyl/N-ethyl adjacent to an activating group) is 1. The van der Waals surface area contributed by atoms with Crippen molar-refractivity contribution in [3.8, 4) is 0 Å². The van der Waals surface area contributed by atoms with Crippen LogP contribution >= 0.6 is 0 Å². The highest BCUT2D eigenvalue weighted by atomic mass is 14.8. The SMILES string of the molecule is C/C=c1/c(CCNC)c[nH]/c1=C/CC. The molecule has 0 bridgehead atoms. The van der Waals surface area contributed by atoms with Crippen LogP contribution in [0.2, 0.25) is 0 Å². The van der Waals surface area contributed by atoms with Crippen LogP contribution in [0.15, 0.2) is 6.20 Å². The molecule has 0 aromatic carbocycles. The Morgan fingerprint density at radius 1 is 1.50 bits per heavy atom. The Bertz CT molecular complexity index is 374. The Morgan fingerprint density at radius 2 is 2.29 bits per heavy atom. The van der Waals surface area contributed by atoms with Gasteiger partial charge in [-0.3, -0.25) is 0 Å². The van der Waals surface area contributed by atoms with E-state index in [0.29, 0.717) is 0 Å². The number of aromatic amines is 1. The molecule has 0 aliphatic carbocycles. The van der Waals surface area contributed by atoms with Crippen LogP contribution in [0.3, 0.4) is 0 Å². The van der Waals surface area contributed by atoms with Gasteiger partial charge >= 0.3 is 0 Å². The zero-order valence-corrected chi connectivity index (χ0v) is 9.35. The smallest absolute Gasteiger partial charge is 0.0412 e. The minimum Gasteiger partial charge on any atom is -0.361 e. The molecule has 0 saturated heterocycles. The van der Waals surface area contributed by atoms with Gasteiger partial charge in [0.25, 0.3) is 0 Å². The van der Waals surface area contributed by atoms with Gasteiger partial charge in [-0.2, -0.15) is 0 Å². The van der Waals surface area contributed by atoms with E-state index in [1.54, 1.807) is 0 Å². The van der Waals surface area contributed by atoms with Gasteiger partial charge in [0.05, 0.1) is 0 Å². The molecule has 14 heavy (non-hydrogen) atoms. The van der Waals surface area contributed by atoms with E-state index in [1.165, 1.54) is 16.1 Å². The van der Waals surface area contributed by atoms with Crippen LogP contribution in [0.4, 0.5) is 0 Å². The number of H-pyrrole nitrogens is 1. The Kier molecular flexibility index (Phi) is 4.47. The summed E-state index contributed by atoms with van der Waals surface area (Å²) in [4.78, 5) is 3.32. The van der Waals surface area contributed by atoms with E-state index in [4.69, 9.17) is 0 Å². The predicted octanol–water partition coefficient (Wildman–Crippen LogP) is 0.767. The molecule has 0 amide bonds. The highest BCUT2D eigenvalue weighted by molar-refractivity contribution is 5.32. The molecular weight excluding hydrogens is 172 g/mol. The molecule has 2 N–H and O–H groups in total. The van der Waals surface area contributed by atoms with Crippen LogP contribution in [-0.2, 0) is 6.42 Å². The molecule has 78 valence electrons. The van der Waals surface area contributed by atoms with E-state index in [1.807, 2.05) is 7.05 Å². The second-order valence-corrected chi connectivity index (χ2v) is 3.40. The number of hydrogen-bond acceptors (Lipinski definition) is 1. The van der Waals surface area contributed by atoms with E-state index in [9.17, 15) is 0 Å². The number of rotatable bonds is 4. The molecule has 1 rings (SSSR count). The zero-order valence-electron chi connectivity index (χ0n) is 9.35. The standard InChI is InChI=1S/C12H20N2/c1-4-6-12-11(5-2)10(9-14-12)7-8-13-3/h5-6,9,13-14H,4,7-8H2,1-3H3/b11-5-,12-6+. The second-order valence-electron chi connectivity index (χ2n) is 3.40. The van der Waals surface area contributed by atoms with Gasteiger partial charge in [-0.15, -0.1) is 0 Å². The fourth-order valence-corrected chi connectivity index (χ4v) is 1.67. The lowest BCUT2D eigenvalue weighted by Crippen LogP contribution is -2.26. The third kappa shape index (κ3) is 2.48. The molecule has 0 fully saturated rings. The third-order valence-electron chi connectivity index (χ3n) is 2.38. The monoisotopic (exact) mass is 192 g/mol. The average molecular weight is 192 g/mol. The lowest BCUT2D eigenvalue weighted by atomic mass is 10.2. The van der Waals surface area contributed by atoms with E-state index >= 15 is 0 Å². The lowest BCUT2D eigenvalue weighted by molar-refractivity contribution is 0.790. The quantitative estimate of drug-likeness (QED) is 0.724. The van der Waals surface area contributed by atoms with Crippen molar-refractivity contribution in [2.24, 2.45) is 0 Å². The van der Waals surface area contributed by atoms with Gasteiger partial charge in [-0.25, -0.2) is 0 Å². The summed E-state index contributed by atoms with van der Waals surface area (Å²) in [5.41, 5.74) is 1.40. The summed E-state index contributed by atoms with van der Waals surface area (Å²) in [6.45, 7) is 5.29. The second kappa shape index (κ2) is 5.66. The zero-order chi connectivity index (χ0) is 10.4. The summed E-state index contributed by atoms with van der Waals surface area (Å²) < 4.78 is 0. The Balaban J connectivity index is 3.03. The van der Waals surface area contributed by atoms with Crippen LogP contribution in [0.1, 0.15) is 25.8 Å². The largest absolute Gasteiger partial charge is 0.361 e. The third-order valence-corrected chi connectivity index (χ3v) is 2.38. The number of hydrogen-bond donors (Lipinski definition) is 2. The van der Waals surface area contributed by atoms with E-state index in [-0.39, 0.29) is 0 Å². The molecule has 2 heteroatoms. The van der Waals surface area contributed by atoms with Crippen molar-refractivity contribution >= 4 is 12.2 Å². The molecule has 2 nitrogen and oxygen atoms in total. The van der Waals surface area contributed by atoms with Crippen molar-refractivity contribution in [1.82, 2.24) is 10.3 Å². The van der Waals surface area contributed by atoms with Crippen molar-refractivity contribution in [2.75, 3.05) is 13.6 Å². The normalized spacial score (nSPS) is 13.9. The molecule has 0 spiro atoms. The molecule has 1 aromatic heterocycles. The fourth-order valence-electron chi connectivity index (χ4n) is 1.67. The molecule has 1 aromatic rings. The first-order chi connectivity index (χ1) is 6.83. The molecule has 0 unspecified atom stereocenters. The first-order valence-electron chi connectivity index (χ1n) is 5.30. The van der Waals surface area contributed by atoms with Gasteiger partial charge in [0.15, 0.2) is 0 Å². The lowest BCUT2D eigenvalue weighted by Gasteiger charge is -1.95. The van der Waals surface area contributed by atoms with Crippen molar-refractivity contribution < 1.29 is 0 Å². The van der Waals surface area contributed by atoms with Crippen LogP contribution < -0.4 is 15.9 Å². The summed E-state index contributed by atoms with van der Waals surface area (Å²) in [5.74, 6) is 0. The van der Waals surface area contributed by atoms with Crippen LogP contribution in [0, 0.1) is 0 Å². The molecule has 0 aliphatic heterocycles. The van der Waals surface area contributed by atoms with Gasteiger partial charge in [0.2, 0.25) is 0 Å². The molecule has 0 radical (unpaired) electrons. The van der Waals surface area contributed by atoms with Crippen molar-refractivity contribution in [3.63, 3.8) is 0 Å². The fraction of sp³-hybridized carbons (Fsp3) is 0.500. The summed E-state index contributed by atoms with van der Waals surface area (Å²) in [7, 11) is 1.99. The molecule has 0 aliphatic rings. The van der Waals surface area contributed by atoms with Crippen LogP contribution in [-0.4, -0.2) is 18.6 Å². The molecular formula is C12H20N2. The molecule has 0 atom stereocenters. The first kappa shape index (κ1) is 11.1. The average Bonchev–Trinajstić information content (AvgIpc) is 2.58. The minimum absolute atomic E-state index is 1.03. The van der Waals surface area contributed by atoms with Gasteiger partial charge in [0.1, 0.15) is 0 Å². The van der Waals surface area contributed by atoms with E-state index < -0.39 is 0 Å². The first-order valence-corrected chi connectivity index (χ1v) is 5.30. The highest BCUT2D eigenvalue weighted by Crippen LogP contribution is 1.87. The van der Waals surface area contributed by atoms with Crippen LogP contribution in [0.5, 0.6) is 0 Å². The summed E-state index contributed by atoms with van der Waals surface area (Å²) in [5, 5.41) is 5.80. The number of nitrogens with one attached hydrogen (secondary N) is 2. The summed E-state index contributed by atoms with van der Waals surface area (Å²) in [6, 6.07) is 0. The van der Waals surface area contributed by atoms with Crippen molar-refractivity contribution in [2.45, 2.75) is 26.7 Å².